The zero-order chi connectivity index (χ0) is 17.0. The summed E-state index contributed by atoms with van der Waals surface area (Å²) in [7, 11) is -2.05. The van der Waals surface area contributed by atoms with Gasteiger partial charge in [0.15, 0.2) is 9.84 Å². The number of methoxy groups -OCH3 is 1. The molecule has 0 aliphatic carbocycles. The molecule has 1 atom stereocenters. The van der Waals surface area contributed by atoms with Gasteiger partial charge >= 0.3 is 0 Å². The predicted octanol–water partition coefficient (Wildman–Crippen LogP) is 1.31. The van der Waals surface area contributed by atoms with Crippen molar-refractivity contribution in [2.45, 2.75) is 30.7 Å². The van der Waals surface area contributed by atoms with Gasteiger partial charge in [-0.25, -0.2) is 8.42 Å². The highest BCUT2D eigenvalue weighted by Crippen LogP contribution is 2.24. The molecular weight excluding hydrogens is 316 g/mol. The van der Waals surface area contributed by atoms with Gasteiger partial charge in [0, 0.05) is 24.4 Å². The number of amides is 1. The summed E-state index contributed by atoms with van der Waals surface area (Å²) in [5.74, 6) is -0.0296. The van der Waals surface area contributed by atoms with Crippen LogP contribution in [0.25, 0.3) is 0 Å². The topological polar surface area (TPSA) is 75.7 Å². The minimum Gasteiger partial charge on any atom is -0.495 e. The summed E-state index contributed by atoms with van der Waals surface area (Å²) in [5, 5.41) is 2.88. The van der Waals surface area contributed by atoms with Crippen LogP contribution in [0.4, 0.5) is 0 Å². The molecule has 7 heteroatoms. The molecule has 1 aromatic carbocycles. The zero-order valence-corrected chi connectivity index (χ0v) is 14.6. The SMILES string of the molecule is COc1ccc(C(=O)NCC(C)N2CCCC2)cc1S(C)(=O)=O. The lowest BCUT2D eigenvalue weighted by Gasteiger charge is -2.23. The first-order chi connectivity index (χ1) is 10.8. The smallest absolute Gasteiger partial charge is 0.251 e. The monoisotopic (exact) mass is 340 g/mol. The quantitative estimate of drug-likeness (QED) is 0.845. The van der Waals surface area contributed by atoms with Crippen LogP contribution in [-0.2, 0) is 9.84 Å². The largest absolute Gasteiger partial charge is 0.495 e. The van der Waals surface area contributed by atoms with Crippen molar-refractivity contribution < 1.29 is 17.9 Å². The number of hydrogen-bond donors (Lipinski definition) is 1. The molecule has 0 spiro atoms. The van der Waals surface area contributed by atoms with Crippen LogP contribution in [0.15, 0.2) is 23.1 Å². The average molecular weight is 340 g/mol. The maximum Gasteiger partial charge on any atom is 0.251 e. The van der Waals surface area contributed by atoms with Crippen LogP contribution in [0, 0.1) is 0 Å². The van der Waals surface area contributed by atoms with Gasteiger partial charge in [0.05, 0.1) is 7.11 Å². The highest BCUT2D eigenvalue weighted by molar-refractivity contribution is 7.90. The minimum absolute atomic E-state index is 0.0280. The van der Waals surface area contributed by atoms with Gasteiger partial charge < -0.3 is 10.1 Å². The number of carbonyl (C=O) groups excluding carboxylic acids is 1. The maximum absolute atomic E-state index is 12.3. The molecule has 1 heterocycles. The standard InChI is InChI=1S/C16H24N2O4S/c1-12(18-8-4-5-9-18)11-17-16(19)13-6-7-14(22-2)15(10-13)23(3,20)21/h6-7,10,12H,4-5,8-9,11H2,1-3H3,(H,17,19). The third-order valence-corrected chi connectivity index (χ3v) is 5.27. The number of ether oxygens (including phenoxy) is 1. The van der Waals surface area contributed by atoms with Crippen molar-refractivity contribution in [1.29, 1.82) is 0 Å². The molecule has 1 saturated heterocycles. The number of benzene rings is 1. The van der Waals surface area contributed by atoms with E-state index in [-0.39, 0.29) is 22.6 Å². The van der Waals surface area contributed by atoms with Gasteiger partial charge in [-0.2, -0.15) is 0 Å². The molecule has 1 aromatic rings. The Balaban J connectivity index is 2.07. The summed E-state index contributed by atoms with van der Waals surface area (Å²) in [4.78, 5) is 14.6. The lowest BCUT2D eigenvalue weighted by molar-refractivity contribution is 0.0940. The Bertz CT molecular complexity index is 667. The van der Waals surface area contributed by atoms with Crippen molar-refractivity contribution in [3.05, 3.63) is 23.8 Å². The van der Waals surface area contributed by atoms with Crippen molar-refractivity contribution in [2.75, 3.05) is 33.0 Å². The lowest BCUT2D eigenvalue weighted by atomic mass is 10.2. The second-order valence-electron chi connectivity index (χ2n) is 5.94. The molecule has 0 saturated carbocycles. The predicted molar refractivity (Wildman–Crippen MR) is 88.7 cm³/mol. The fraction of sp³-hybridized carbons (Fsp3) is 0.562. The summed E-state index contributed by atoms with van der Waals surface area (Å²) in [6.07, 6.45) is 3.50. The summed E-state index contributed by atoms with van der Waals surface area (Å²) < 4.78 is 28.7. The van der Waals surface area contributed by atoms with Crippen molar-refractivity contribution in [2.24, 2.45) is 0 Å². The van der Waals surface area contributed by atoms with Crippen molar-refractivity contribution in [3.63, 3.8) is 0 Å². The summed E-state index contributed by atoms with van der Waals surface area (Å²) in [6.45, 7) is 4.76. The number of nitrogens with one attached hydrogen (secondary N) is 1. The van der Waals surface area contributed by atoms with Gasteiger partial charge in [-0.05, 0) is 51.1 Å². The normalized spacial score (nSPS) is 17.0. The summed E-state index contributed by atoms with van der Waals surface area (Å²) in [6, 6.07) is 4.72. The first kappa shape index (κ1) is 17.7. The van der Waals surface area contributed by atoms with E-state index < -0.39 is 9.84 Å². The Kier molecular flexibility index (Phi) is 5.64. The number of rotatable bonds is 6. The second kappa shape index (κ2) is 7.31. The molecule has 0 bridgehead atoms. The van der Waals surface area contributed by atoms with Crippen LogP contribution in [0.2, 0.25) is 0 Å². The van der Waals surface area contributed by atoms with Crippen LogP contribution in [0.5, 0.6) is 5.75 Å². The number of nitrogens with zero attached hydrogens (tertiary/aromatic N) is 1. The molecule has 1 amide bonds. The maximum atomic E-state index is 12.3. The highest BCUT2D eigenvalue weighted by Gasteiger charge is 2.20. The van der Waals surface area contributed by atoms with Crippen LogP contribution in [0.3, 0.4) is 0 Å². The molecule has 1 aliphatic heterocycles. The number of sulfone groups is 1. The van der Waals surface area contributed by atoms with E-state index in [1.807, 2.05) is 0 Å². The van der Waals surface area contributed by atoms with Crippen molar-refractivity contribution in [3.8, 4) is 5.75 Å². The van der Waals surface area contributed by atoms with E-state index in [0.29, 0.717) is 12.1 Å². The first-order valence-electron chi connectivity index (χ1n) is 7.73. The molecule has 23 heavy (non-hydrogen) atoms. The molecule has 0 radical (unpaired) electrons. The number of carbonyl (C=O) groups is 1. The van der Waals surface area contributed by atoms with Crippen molar-refractivity contribution >= 4 is 15.7 Å². The fourth-order valence-corrected chi connectivity index (χ4v) is 3.62. The minimum atomic E-state index is -3.46. The summed E-state index contributed by atoms with van der Waals surface area (Å²) >= 11 is 0. The Morgan fingerprint density at radius 3 is 2.57 bits per heavy atom. The Morgan fingerprint density at radius 1 is 1.35 bits per heavy atom. The highest BCUT2D eigenvalue weighted by atomic mass is 32.2. The van der Waals surface area contributed by atoms with E-state index in [2.05, 4.69) is 17.1 Å². The number of hydrogen-bond acceptors (Lipinski definition) is 5. The van der Waals surface area contributed by atoms with Gasteiger partial charge in [0.2, 0.25) is 0 Å². The third-order valence-electron chi connectivity index (χ3n) is 4.15. The van der Waals surface area contributed by atoms with Gasteiger partial charge in [-0.3, -0.25) is 9.69 Å². The fourth-order valence-electron chi connectivity index (χ4n) is 2.76. The molecule has 1 unspecified atom stereocenters. The van der Waals surface area contributed by atoms with E-state index in [1.165, 1.54) is 32.1 Å². The lowest BCUT2D eigenvalue weighted by Crippen LogP contribution is -2.40. The van der Waals surface area contributed by atoms with E-state index >= 15 is 0 Å². The van der Waals surface area contributed by atoms with Crippen LogP contribution in [0.1, 0.15) is 30.1 Å². The second-order valence-corrected chi connectivity index (χ2v) is 7.92. The first-order valence-corrected chi connectivity index (χ1v) is 9.62. The zero-order valence-electron chi connectivity index (χ0n) is 13.8. The Morgan fingerprint density at radius 2 is 2.00 bits per heavy atom. The molecule has 0 aromatic heterocycles. The van der Waals surface area contributed by atoms with E-state index in [4.69, 9.17) is 4.74 Å². The number of likely N-dealkylation sites (tertiary alicyclic amines) is 1. The Labute approximate surface area is 137 Å². The third kappa shape index (κ3) is 4.45. The molecule has 128 valence electrons. The van der Waals surface area contributed by atoms with Crippen LogP contribution in [-0.4, -0.2) is 58.3 Å². The van der Waals surface area contributed by atoms with E-state index in [9.17, 15) is 13.2 Å². The summed E-state index contributed by atoms with van der Waals surface area (Å²) in [5.41, 5.74) is 0.319. The molecule has 1 aliphatic rings. The Hall–Kier alpha value is -1.60. The molecule has 6 nitrogen and oxygen atoms in total. The molecule has 2 rings (SSSR count). The van der Waals surface area contributed by atoms with Crippen molar-refractivity contribution in [1.82, 2.24) is 10.2 Å². The van der Waals surface area contributed by atoms with Crippen LogP contribution < -0.4 is 10.1 Å². The molecular formula is C16H24N2O4S. The van der Waals surface area contributed by atoms with Crippen LogP contribution >= 0.6 is 0 Å². The van der Waals surface area contributed by atoms with Gasteiger partial charge in [-0.15, -0.1) is 0 Å². The van der Waals surface area contributed by atoms with Gasteiger partial charge in [-0.1, -0.05) is 0 Å². The molecule has 1 N–H and O–H groups in total. The van der Waals surface area contributed by atoms with Gasteiger partial charge in [0.1, 0.15) is 10.6 Å². The van der Waals surface area contributed by atoms with E-state index in [0.717, 1.165) is 19.3 Å². The average Bonchev–Trinajstić information content (AvgIpc) is 3.05. The molecule has 1 fully saturated rings. The van der Waals surface area contributed by atoms with E-state index in [1.54, 1.807) is 6.07 Å². The van der Waals surface area contributed by atoms with Gasteiger partial charge in [0.25, 0.3) is 5.91 Å².